The van der Waals surface area contributed by atoms with Crippen molar-refractivity contribution in [1.82, 2.24) is 0 Å². The molecule has 0 fully saturated rings. The van der Waals surface area contributed by atoms with Crippen LogP contribution >= 0.6 is 0 Å². The van der Waals surface area contributed by atoms with Crippen molar-refractivity contribution in [2.75, 3.05) is 5.75 Å². The molecule has 0 aliphatic heterocycles. The highest BCUT2D eigenvalue weighted by atomic mass is 32.2. The minimum absolute atomic E-state index is 1.26. The Kier molecular flexibility index (Phi) is 3.52. The second-order valence-electron chi connectivity index (χ2n) is 2.15. The fraction of sp³-hybridized carbons (Fsp3) is 0.667. The van der Waals surface area contributed by atoms with Crippen LogP contribution in [0, 0.1) is 0 Å². The number of nitrogens with two attached hydrogens (primary N) is 1. The van der Waals surface area contributed by atoms with E-state index in [1.165, 1.54) is 0 Å². The Morgan fingerprint density at radius 3 is 1.85 bits per heavy atom. The summed E-state index contributed by atoms with van der Waals surface area (Å²) in [5.41, 5.74) is 4.76. The lowest BCUT2D eigenvalue weighted by Crippen LogP contribution is -2.41. The monoisotopic (exact) mass is 233 g/mol. The van der Waals surface area contributed by atoms with Crippen molar-refractivity contribution < 1.29 is 30.7 Å². The molecule has 0 aromatic carbocycles. The summed E-state index contributed by atoms with van der Waals surface area (Å²) in [5.74, 6) is -1.26. The number of rotatable bonds is 3. The van der Waals surface area contributed by atoms with Gasteiger partial charge in [0.1, 0.15) is 0 Å². The lowest BCUT2D eigenvalue weighted by molar-refractivity contribution is -0.113. The van der Waals surface area contributed by atoms with Crippen LogP contribution in [0.25, 0.3) is 0 Å². The standard InChI is InChI=1S/C3H7NO7S2/c4-2(1-12(6,7)8)3(5)13(9,10)11/h2H,1,4H2,(H,6,7,8)(H,9,10,11)/t2-/m0/s1. The first kappa shape index (κ1) is 12.4. The van der Waals surface area contributed by atoms with E-state index >= 15 is 0 Å². The van der Waals surface area contributed by atoms with Crippen molar-refractivity contribution in [2.24, 2.45) is 5.73 Å². The van der Waals surface area contributed by atoms with Gasteiger partial charge >= 0.3 is 10.1 Å². The van der Waals surface area contributed by atoms with E-state index in [0.717, 1.165) is 0 Å². The van der Waals surface area contributed by atoms with Gasteiger partial charge in [-0.1, -0.05) is 0 Å². The first-order valence-electron chi connectivity index (χ1n) is 2.76. The van der Waals surface area contributed by atoms with Crippen LogP contribution in [-0.4, -0.2) is 42.9 Å². The average Bonchev–Trinajstić information content (AvgIpc) is 1.79. The van der Waals surface area contributed by atoms with Gasteiger partial charge in [-0.3, -0.25) is 13.9 Å². The average molecular weight is 233 g/mol. The van der Waals surface area contributed by atoms with E-state index in [-0.39, 0.29) is 0 Å². The maximum absolute atomic E-state index is 10.5. The third-order valence-corrected chi connectivity index (χ3v) is 2.54. The third kappa shape index (κ3) is 4.90. The molecule has 0 saturated heterocycles. The molecule has 13 heavy (non-hydrogen) atoms. The number of hydrogen-bond donors (Lipinski definition) is 3. The van der Waals surface area contributed by atoms with Crippen LogP contribution in [-0.2, 0) is 25.0 Å². The van der Waals surface area contributed by atoms with Crippen LogP contribution in [0.15, 0.2) is 0 Å². The number of hydrogen-bond acceptors (Lipinski definition) is 6. The van der Waals surface area contributed by atoms with Crippen molar-refractivity contribution in [3.63, 3.8) is 0 Å². The van der Waals surface area contributed by atoms with Gasteiger partial charge in [0, 0.05) is 0 Å². The van der Waals surface area contributed by atoms with Crippen LogP contribution < -0.4 is 5.73 Å². The zero-order chi connectivity index (χ0) is 10.9. The van der Waals surface area contributed by atoms with Crippen molar-refractivity contribution in [3.8, 4) is 0 Å². The lowest BCUT2D eigenvalue weighted by Gasteiger charge is -2.04. The van der Waals surface area contributed by atoms with E-state index in [0.29, 0.717) is 0 Å². The van der Waals surface area contributed by atoms with E-state index in [1.807, 2.05) is 0 Å². The highest BCUT2D eigenvalue weighted by Gasteiger charge is 2.29. The lowest BCUT2D eigenvalue weighted by atomic mass is 10.4. The molecule has 8 nitrogen and oxygen atoms in total. The molecule has 78 valence electrons. The quantitative estimate of drug-likeness (QED) is 0.457. The minimum atomic E-state index is -5.01. The van der Waals surface area contributed by atoms with Crippen LogP contribution in [0.4, 0.5) is 0 Å². The molecule has 0 aromatic heterocycles. The predicted octanol–water partition coefficient (Wildman–Crippen LogP) is -2.38. The maximum Gasteiger partial charge on any atom is 0.330 e. The molecule has 0 saturated carbocycles. The summed E-state index contributed by atoms with van der Waals surface area (Å²) < 4.78 is 56.7. The summed E-state index contributed by atoms with van der Waals surface area (Å²) in [7, 11) is -9.56. The molecule has 0 aliphatic rings. The summed E-state index contributed by atoms with van der Waals surface area (Å²) >= 11 is 0. The molecule has 4 N–H and O–H groups in total. The van der Waals surface area contributed by atoms with Gasteiger partial charge in [0.05, 0.1) is 11.8 Å². The Bertz CT molecular complexity index is 391. The molecule has 0 aliphatic carbocycles. The molecule has 0 aromatic rings. The molecule has 10 heteroatoms. The molecule has 0 bridgehead atoms. The Morgan fingerprint density at radius 1 is 1.23 bits per heavy atom. The molecule has 0 radical (unpaired) electrons. The third-order valence-electron chi connectivity index (χ3n) is 0.947. The van der Waals surface area contributed by atoms with E-state index in [2.05, 4.69) is 0 Å². The van der Waals surface area contributed by atoms with Crippen LogP contribution in [0.3, 0.4) is 0 Å². The van der Waals surface area contributed by atoms with Crippen LogP contribution in [0.5, 0.6) is 0 Å². The van der Waals surface area contributed by atoms with E-state index in [4.69, 9.17) is 14.8 Å². The predicted molar refractivity (Wildman–Crippen MR) is 40.9 cm³/mol. The summed E-state index contributed by atoms with van der Waals surface area (Å²) in [6, 6.07) is -2.00. The van der Waals surface area contributed by atoms with Crippen LogP contribution in [0.2, 0.25) is 0 Å². The molecule has 1 atom stereocenters. The number of carbonyl (C=O) groups excluding carboxylic acids is 1. The van der Waals surface area contributed by atoms with Crippen molar-refractivity contribution in [3.05, 3.63) is 0 Å². The van der Waals surface area contributed by atoms with E-state index in [1.54, 1.807) is 0 Å². The normalized spacial score (nSPS) is 15.3. The van der Waals surface area contributed by atoms with Gasteiger partial charge in [-0.25, -0.2) is 0 Å². The first-order chi connectivity index (χ1) is 5.54. The fourth-order valence-electron chi connectivity index (χ4n) is 0.486. The molecule has 0 rings (SSSR count). The second-order valence-corrected chi connectivity index (χ2v) is 5.00. The summed E-state index contributed by atoms with van der Waals surface area (Å²) in [4.78, 5) is 10.5. The Hall–Kier alpha value is -0.550. The summed E-state index contributed by atoms with van der Waals surface area (Å²) in [5, 5.41) is -1.86. The summed E-state index contributed by atoms with van der Waals surface area (Å²) in [6.07, 6.45) is 0. The van der Waals surface area contributed by atoms with Gasteiger partial charge in [-0.2, -0.15) is 16.8 Å². The number of carbonyl (C=O) groups is 1. The van der Waals surface area contributed by atoms with Gasteiger partial charge in [-0.15, -0.1) is 0 Å². The molecule has 0 unspecified atom stereocenters. The van der Waals surface area contributed by atoms with Crippen LogP contribution in [0.1, 0.15) is 0 Å². The SMILES string of the molecule is N[C@@H](CS(=O)(=O)O)C(=O)S(=O)(=O)O. The zero-order valence-corrected chi connectivity index (χ0v) is 7.75. The molecule has 0 amide bonds. The minimum Gasteiger partial charge on any atom is -0.320 e. The largest absolute Gasteiger partial charge is 0.330 e. The Balaban J connectivity index is 4.67. The van der Waals surface area contributed by atoms with Gasteiger partial charge in [-0.05, 0) is 0 Å². The highest BCUT2D eigenvalue weighted by molar-refractivity contribution is 8.01. The van der Waals surface area contributed by atoms with Gasteiger partial charge in [0.25, 0.3) is 15.2 Å². The van der Waals surface area contributed by atoms with E-state index < -0.39 is 37.1 Å². The Morgan fingerprint density at radius 2 is 1.62 bits per heavy atom. The summed E-state index contributed by atoms with van der Waals surface area (Å²) in [6.45, 7) is 0. The Labute approximate surface area is 74.2 Å². The molecular formula is C3H7NO7S2. The second kappa shape index (κ2) is 3.67. The van der Waals surface area contributed by atoms with Gasteiger partial charge in [0.15, 0.2) is 0 Å². The topological polar surface area (TPSA) is 152 Å². The highest BCUT2D eigenvalue weighted by Crippen LogP contribution is 1.95. The van der Waals surface area contributed by atoms with Gasteiger partial charge in [0.2, 0.25) is 0 Å². The molecular weight excluding hydrogens is 226 g/mol. The van der Waals surface area contributed by atoms with Gasteiger partial charge < -0.3 is 5.73 Å². The smallest absolute Gasteiger partial charge is 0.320 e. The van der Waals surface area contributed by atoms with Crippen molar-refractivity contribution in [1.29, 1.82) is 0 Å². The first-order valence-corrected chi connectivity index (χ1v) is 5.81. The fourth-order valence-corrected chi connectivity index (χ4v) is 1.66. The van der Waals surface area contributed by atoms with Crippen molar-refractivity contribution >= 4 is 25.4 Å². The molecule has 0 spiro atoms. The zero-order valence-electron chi connectivity index (χ0n) is 6.11. The maximum atomic E-state index is 10.5. The van der Waals surface area contributed by atoms with E-state index in [9.17, 15) is 21.6 Å². The van der Waals surface area contributed by atoms with Crippen molar-refractivity contribution in [2.45, 2.75) is 6.04 Å². The molecule has 0 heterocycles.